The van der Waals surface area contributed by atoms with Gasteiger partial charge in [-0.05, 0) is 43.9 Å². The second-order valence-corrected chi connectivity index (χ2v) is 5.45. The molecule has 0 aromatic carbocycles. The van der Waals surface area contributed by atoms with Crippen LogP contribution in [0.1, 0.15) is 43.5 Å². The Labute approximate surface area is 110 Å². The third kappa shape index (κ3) is 2.57. The van der Waals surface area contributed by atoms with Gasteiger partial charge in [0.2, 0.25) is 0 Å². The number of rotatable bonds is 6. The Balaban J connectivity index is 1.49. The van der Waals surface area contributed by atoms with Gasteiger partial charge in [-0.15, -0.1) is 0 Å². The Bertz CT molecular complexity index is 400. The zero-order valence-corrected chi connectivity index (χ0v) is 11.2. The van der Waals surface area contributed by atoms with E-state index in [2.05, 4.69) is 28.2 Å². The molecule has 3 heteroatoms. The first-order chi connectivity index (χ1) is 8.88. The minimum atomic E-state index is 0.485. The minimum absolute atomic E-state index is 0.485. The third-order valence-corrected chi connectivity index (χ3v) is 4.22. The van der Waals surface area contributed by atoms with Crippen LogP contribution in [-0.2, 0) is 6.42 Å². The Kier molecular flexibility index (Phi) is 3.62. The normalized spacial score (nSPS) is 22.4. The molecule has 1 fully saturated rings. The number of hydrogen-bond donors (Lipinski definition) is 1. The van der Waals surface area contributed by atoms with Gasteiger partial charge in [0.05, 0.1) is 11.7 Å². The van der Waals surface area contributed by atoms with E-state index < -0.39 is 0 Å². The van der Waals surface area contributed by atoms with Gasteiger partial charge in [0, 0.05) is 25.3 Å². The van der Waals surface area contributed by atoms with E-state index in [1.807, 2.05) is 12.3 Å². The molecular formula is C15H23N3. The van der Waals surface area contributed by atoms with E-state index in [4.69, 9.17) is 0 Å². The van der Waals surface area contributed by atoms with E-state index in [0.29, 0.717) is 6.04 Å². The summed E-state index contributed by atoms with van der Waals surface area (Å²) in [5, 5.41) is 3.68. The largest absolute Gasteiger partial charge is 0.307 e. The molecule has 0 saturated heterocycles. The van der Waals surface area contributed by atoms with Crippen molar-refractivity contribution in [3.63, 3.8) is 0 Å². The molecule has 1 atom stereocenters. The zero-order valence-electron chi connectivity index (χ0n) is 11.2. The molecule has 2 aliphatic rings. The van der Waals surface area contributed by atoms with Crippen molar-refractivity contribution in [1.29, 1.82) is 0 Å². The van der Waals surface area contributed by atoms with Crippen LogP contribution in [0, 0.1) is 0 Å². The molecule has 0 amide bonds. The molecule has 98 valence electrons. The summed E-state index contributed by atoms with van der Waals surface area (Å²) >= 11 is 0. The molecule has 0 bridgehead atoms. The van der Waals surface area contributed by atoms with Gasteiger partial charge in [-0.3, -0.25) is 9.88 Å². The lowest BCUT2D eigenvalue weighted by atomic mass is 10.2. The highest BCUT2D eigenvalue weighted by Gasteiger charge is 2.28. The molecule has 1 saturated carbocycles. The second kappa shape index (κ2) is 5.37. The Morgan fingerprint density at radius 2 is 2.28 bits per heavy atom. The molecule has 2 aliphatic carbocycles. The maximum atomic E-state index is 4.53. The minimum Gasteiger partial charge on any atom is -0.307 e. The lowest BCUT2D eigenvalue weighted by Crippen LogP contribution is -2.34. The van der Waals surface area contributed by atoms with Crippen LogP contribution in [0.5, 0.6) is 0 Å². The summed E-state index contributed by atoms with van der Waals surface area (Å²) in [5.74, 6) is 0. The quantitative estimate of drug-likeness (QED) is 0.832. The van der Waals surface area contributed by atoms with Crippen molar-refractivity contribution in [3.05, 3.63) is 29.6 Å². The van der Waals surface area contributed by atoms with Gasteiger partial charge in [0.15, 0.2) is 0 Å². The van der Waals surface area contributed by atoms with E-state index in [0.717, 1.165) is 12.6 Å². The van der Waals surface area contributed by atoms with Crippen LogP contribution < -0.4 is 5.32 Å². The fourth-order valence-corrected chi connectivity index (χ4v) is 3.03. The number of nitrogens with zero attached hydrogens (tertiary/aromatic N) is 2. The van der Waals surface area contributed by atoms with Crippen molar-refractivity contribution in [2.75, 3.05) is 19.6 Å². The number of fused-ring (bicyclic) bond motifs is 1. The molecule has 1 aromatic heterocycles. The van der Waals surface area contributed by atoms with Gasteiger partial charge in [-0.1, -0.05) is 13.0 Å². The van der Waals surface area contributed by atoms with E-state index in [1.54, 1.807) is 0 Å². The summed E-state index contributed by atoms with van der Waals surface area (Å²) in [4.78, 5) is 7.13. The van der Waals surface area contributed by atoms with Crippen molar-refractivity contribution in [2.45, 2.75) is 44.7 Å². The maximum Gasteiger partial charge on any atom is 0.0605 e. The first-order valence-electron chi connectivity index (χ1n) is 7.29. The predicted molar refractivity (Wildman–Crippen MR) is 73.6 cm³/mol. The fourth-order valence-electron chi connectivity index (χ4n) is 3.03. The van der Waals surface area contributed by atoms with E-state index in [1.165, 1.54) is 50.0 Å². The average molecular weight is 245 g/mol. The first-order valence-corrected chi connectivity index (χ1v) is 7.29. The molecule has 3 nitrogen and oxygen atoms in total. The van der Waals surface area contributed by atoms with Gasteiger partial charge >= 0.3 is 0 Å². The van der Waals surface area contributed by atoms with Crippen molar-refractivity contribution >= 4 is 0 Å². The maximum absolute atomic E-state index is 4.53. The standard InChI is InChI=1S/C15H23N3/c1-2-18(13-6-7-13)11-10-16-14-8-5-12-4-3-9-17-15(12)14/h3-4,9,13-14,16H,2,5-8,10-11H2,1H3. The van der Waals surface area contributed by atoms with Gasteiger partial charge in [-0.2, -0.15) is 0 Å². The zero-order chi connectivity index (χ0) is 12.4. The Hall–Kier alpha value is -0.930. The summed E-state index contributed by atoms with van der Waals surface area (Å²) in [6.45, 7) is 5.72. The van der Waals surface area contributed by atoms with Crippen molar-refractivity contribution in [2.24, 2.45) is 0 Å². The van der Waals surface area contributed by atoms with Crippen LogP contribution in [0.25, 0.3) is 0 Å². The molecule has 0 radical (unpaired) electrons. The number of nitrogens with one attached hydrogen (secondary N) is 1. The highest BCUT2D eigenvalue weighted by atomic mass is 15.2. The van der Waals surface area contributed by atoms with Gasteiger partial charge < -0.3 is 5.32 Å². The third-order valence-electron chi connectivity index (χ3n) is 4.22. The Morgan fingerprint density at radius 1 is 1.39 bits per heavy atom. The second-order valence-electron chi connectivity index (χ2n) is 5.45. The van der Waals surface area contributed by atoms with E-state index >= 15 is 0 Å². The van der Waals surface area contributed by atoms with Crippen LogP contribution >= 0.6 is 0 Å². The smallest absolute Gasteiger partial charge is 0.0605 e. The average Bonchev–Trinajstić information content (AvgIpc) is 3.16. The number of pyridine rings is 1. The van der Waals surface area contributed by atoms with Gasteiger partial charge in [0.1, 0.15) is 0 Å². The SMILES string of the molecule is CCN(CCNC1CCc2cccnc21)C1CC1. The lowest BCUT2D eigenvalue weighted by molar-refractivity contribution is 0.272. The molecule has 0 aliphatic heterocycles. The molecular weight excluding hydrogens is 222 g/mol. The van der Waals surface area contributed by atoms with E-state index in [-0.39, 0.29) is 0 Å². The molecule has 1 aromatic rings. The summed E-state index contributed by atoms with van der Waals surface area (Å²) < 4.78 is 0. The molecule has 0 spiro atoms. The molecule has 1 N–H and O–H groups in total. The van der Waals surface area contributed by atoms with Crippen molar-refractivity contribution < 1.29 is 0 Å². The van der Waals surface area contributed by atoms with Gasteiger partial charge in [-0.25, -0.2) is 0 Å². The lowest BCUT2D eigenvalue weighted by Gasteiger charge is -2.21. The van der Waals surface area contributed by atoms with Crippen LogP contribution in [0.3, 0.4) is 0 Å². The number of aryl methyl sites for hydroxylation is 1. The summed E-state index contributed by atoms with van der Waals surface area (Å²) in [7, 11) is 0. The monoisotopic (exact) mass is 245 g/mol. The molecule has 18 heavy (non-hydrogen) atoms. The van der Waals surface area contributed by atoms with Crippen LogP contribution in [0.2, 0.25) is 0 Å². The highest BCUT2D eigenvalue weighted by Crippen LogP contribution is 2.29. The van der Waals surface area contributed by atoms with Gasteiger partial charge in [0.25, 0.3) is 0 Å². The fraction of sp³-hybridized carbons (Fsp3) is 0.667. The highest BCUT2D eigenvalue weighted by molar-refractivity contribution is 5.27. The van der Waals surface area contributed by atoms with Crippen LogP contribution in [0.15, 0.2) is 18.3 Å². The summed E-state index contributed by atoms with van der Waals surface area (Å²) in [6, 6.07) is 5.63. The van der Waals surface area contributed by atoms with E-state index in [9.17, 15) is 0 Å². The first kappa shape index (κ1) is 12.1. The topological polar surface area (TPSA) is 28.2 Å². The van der Waals surface area contributed by atoms with Crippen molar-refractivity contribution in [1.82, 2.24) is 15.2 Å². The molecule has 1 heterocycles. The Morgan fingerprint density at radius 3 is 3.06 bits per heavy atom. The number of hydrogen-bond acceptors (Lipinski definition) is 3. The molecule has 1 unspecified atom stereocenters. The summed E-state index contributed by atoms with van der Waals surface area (Å²) in [5.41, 5.74) is 2.72. The number of aromatic nitrogens is 1. The van der Waals surface area contributed by atoms with Crippen LogP contribution in [-0.4, -0.2) is 35.6 Å². The molecule has 3 rings (SSSR count). The number of likely N-dealkylation sites (N-methyl/N-ethyl adjacent to an activating group) is 1. The predicted octanol–water partition coefficient (Wildman–Crippen LogP) is 2.14. The van der Waals surface area contributed by atoms with Crippen LogP contribution in [0.4, 0.5) is 0 Å². The van der Waals surface area contributed by atoms with Crippen molar-refractivity contribution in [3.8, 4) is 0 Å². The summed E-state index contributed by atoms with van der Waals surface area (Å²) in [6.07, 6.45) is 7.12.